The minimum absolute atomic E-state index is 0.0455. The Morgan fingerprint density at radius 3 is 2.71 bits per heavy atom. The van der Waals surface area contributed by atoms with Gasteiger partial charge in [-0.1, -0.05) is 0 Å². The number of carboxylic acids is 1. The number of aromatic carboxylic acids is 1. The van der Waals surface area contributed by atoms with E-state index in [1.807, 2.05) is 0 Å². The molecule has 1 unspecified atom stereocenters. The number of hydrogen-bond acceptors (Lipinski definition) is 5. The fourth-order valence-electron chi connectivity index (χ4n) is 2.14. The number of carbonyl (C=O) groups is 1. The van der Waals surface area contributed by atoms with Crippen LogP contribution in [0.5, 0.6) is 5.75 Å². The zero-order valence-corrected chi connectivity index (χ0v) is 12.1. The van der Waals surface area contributed by atoms with Crippen molar-refractivity contribution in [2.24, 2.45) is 0 Å². The van der Waals surface area contributed by atoms with Gasteiger partial charge in [0.25, 0.3) is 0 Å². The van der Waals surface area contributed by atoms with Crippen molar-refractivity contribution in [1.82, 2.24) is 0 Å². The third kappa shape index (κ3) is 4.33. The van der Waals surface area contributed by atoms with Gasteiger partial charge in [-0.05, 0) is 37.5 Å². The highest BCUT2D eigenvalue weighted by molar-refractivity contribution is 7.92. The molecule has 1 aromatic carbocycles. The molecule has 2 rings (SSSR count). The number of benzene rings is 1. The third-order valence-corrected chi connectivity index (χ3v) is 4.53. The van der Waals surface area contributed by atoms with Gasteiger partial charge in [0.15, 0.2) is 0 Å². The molecule has 1 atom stereocenters. The van der Waals surface area contributed by atoms with Gasteiger partial charge in [-0.2, -0.15) is 0 Å². The first-order valence-corrected chi connectivity index (χ1v) is 8.21. The quantitative estimate of drug-likeness (QED) is 0.708. The maximum atomic E-state index is 12.0. The molecular weight excluding hydrogens is 298 g/mol. The van der Waals surface area contributed by atoms with Crippen LogP contribution in [0.2, 0.25) is 0 Å². The van der Waals surface area contributed by atoms with Crippen molar-refractivity contribution in [3.8, 4) is 5.75 Å². The number of sulfonamides is 1. The number of anilines is 1. The van der Waals surface area contributed by atoms with E-state index >= 15 is 0 Å². The number of phenols is 1. The average molecular weight is 315 g/mol. The monoisotopic (exact) mass is 315 g/mol. The molecular formula is C13H17NO6S. The van der Waals surface area contributed by atoms with E-state index in [0.29, 0.717) is 13.0 Å². The fraction of sp³-hybridized carbons (Fsp3) is 0.462. The van der Waals surface area contributed by atoms with Crippen molar-refractivity contribution in [3.05, 3.63) is 23.8 Å². The van der Waals surface area contributed by atoms with Crippen molar-refractivity contribution in [2.45, 2.75) is 25.4 Å². The summed E-state index contributed by atoms with van der Waals surface area (Å²) < 4.78 is 31.7. The second-order valence-corrected chi connectivity index (χ2v) is 6.68. The van der Waals surface area contributed by atoms with Crippen LogP contribution in [0.3, 0.4) is 0 Å². The van der Waals surface area contributed by atoms with Crippen LogP contribution in [0.15, 0.2) is 18.2 Å². The van der Waals surface area contributed by atoms with Gasteiger partial charge in [-0.3, -0.25) is 4.72 Å². The van der Waals surface area contributed by atoms with Crippen LogP contribution in [0, 0.1) is 0 Å². The standard InChI is InChI=1S/C13H17NO6S/c15-12-7-9(13(16)17)4-5-11(12)14-21(18,19)8-10-3-1-2-6-20-10/h4-5,7,10,14-15H,1-3,6,8H2,(H,16,17). The molecule has 7 nitrogen and oxygen atoms in total. The average Bonchev–Trinajstić information content (AvgIpc) is 2.41. The van der Waals surface area contributed by atoms with Crippen molar-refractivity contribution in [2.75, 3.05) is 17.1 Å². The summed E-state index contributed by atoms with van der Waals surface area (Å²) in [6, 6.07) is 3.44. The van der Waals surface area contributed by atoms with Gasteiger partial charge in [0.05, 0.1) is 23.1 Å². The molecule has 1 aromatic rings. The van der Waals surface area contributed by atoms with E-state index in [2.05, 4.69) is 4.72 Å². The second-order valence-electron chi connectivity index (χ2n) is 4.91. The predicted octanol–water partition coefficient (Wildman–Crippen LogP) is 1.40. The van der Waals surface area contributed by atoms with Crippen LogP contribution in [-0.2, 0) is 14.8 Å². The summed E-state index contributed by atoms with van der Waals surface area (Å²) in [6.07, 6.45) is 2.20. The molecule has 0 bridgehead atoms. The first-order chi connectivity index (χ1) is 9.87. The number of ether oxygens (including phenoxy) is 1. The molecule has 1 aliphatic heterocycles. The van der Waals surface area contributed by atoms with Gasteiger partial charge in [0.2, 0.25) is 10.0 Å². The van der Waals surface area contributed by atoms with Gasteiger partial charge in [0.1, 0.15) is 5.75 Å². The lowest BCUT2D eigenvalue weighted by molar-refractivity contribution is 0.0306. The summed E-state index contributed by atoms with van der Waals surface area (Å²) in [5.74, 6) is -1.81. The molecule has 8 heteroatoms. The molecule has 1 aliphatic rings. The van der Waals surface area contributed by atoms with E-state index in [9.17, 15) is 18.3 Å². The van der Waals surface area contributed by atoms with Crippen LogP contribution in [0.25, 0.3) is 0 Å². The molecule has 0 spiro atoms. The number of carboxylic acid groups (broad SMARTS) is 1. The second kappa shape index (κ2) is 6.31. The first kappa shape index (κ1) is 15.6. The SMILES string of the molecule is O=C(O)c1ccc(NS(=O)(=O)CC2CCCCO2)c(O)c1. The molecule has 0 aromatic heterocycles. The Hall–Kier alpha value is -1.80. The summed E-state index contributed by atoms with van der Waals surface area (Å²) >= 11 is 0. The van der Waals surface area contributed by atoms with Gasteiger partial charge in [0, 0.05) is 6.61 Å². The summed E-state index contributed by atoms with van der Waals surface area (Å²) in [5.41, 5.74) is -0.165. The zero-order chi connectivity index (χ0) is 15.5. The van der Waals surface area contributed by atoms with E-state index in [0.717, 1.165) is 18.9 Å². The largest absolute Gasteiger partial charge is 0.506 e. The normalized spacial score (nSPS) is 19.1. The number of hydrogen-bond donors (Lipinski definition) is 3. The highest BCUT2D eigenvalue weighted by atomic mass is 32.2. The molecule has 0 amide bonds. The number of phenolic OH excluding ortho intramolecular Hbond substituents is 1. The first-order valence-electron chi connectivity index (χ1n) is 6.56. The molecule has 21 heavy (non-hydrogen) atoms. The lowest BCUT2D eigenvalue weighted by atomic mass is 10.1. The highest BCUT2D eigenvalue weighted by Gasteiger charge is 2.23. The van der Waals surface area contributed by atoms with Gasteiger partial charge < -0.3 is 14.9 Å². The Balaban J connectivity index is 2.07. The fourth-order valence-corrected chi connectivity index (χ4v) is 3.49. The molecule has 0 radical (unpaired) electrons. The van der Waals surface area contributed by atoms with Crippen molar-refractivity contribution in [3.63, 3.8) is 0 Å². The maximum Gasteiger partial charge on any atom is 0.335 e. The molecule has 3 N–H and O–H groups in total. The molecule has 1 saturated heterocycles. The molecule has 0 aliphatic carbocycles. The molecule has 1 heterocycles. The predicted molar refractivity (Wildman–Crippen MR) is 76.1 cm³/mol. The van der Waals surface area contributed by atoms with E-state index in [-0.39, 0.29) is 23.1 Å². The van der Waals surface area contributed by atoms with Gasteiger partial charge in [-0.15, -0.1) is 0 Å². The van der Waals surface area contributed by atoms with E-state index in [1.165, 1.54) is 12.1 Å². The van der Waals surface area contributed by atoms with Crippen LogP contribution < -0.4 is 4.72 Å². The summed E-state index contributed by atoms with van der Waals surface area (Å²) in [4.78, 5) is 10.7. The number of aromatic hydroxyl groups is 1. The van der Waals surface area contributed by atoms with Gasteiger partial charge >= 0.3 is 5.97 Å². The van der Waals surface area contributed by atoms with Crippen LogP contribution in [0.4, 0.5) is 5.69 Å². The topological polar surface area (TPSA) is 113 Å². The van der Waals surface area contributed by atoms with Crippen LogP contribution in [0.1, 0.15) is 29.6 Å². The third-order valence-electron chi connectivity index (χ3n) is 3.19. The Kier molecular flexibility index (Phi) is 4.69. The Labute approximate surface area is 122 Å². The number of nitrogens with one attached hydrogen (secondary N) is 1. The Morgan fingerprint density at radius 1 is 1.38 bits per heavy atom. The lowest BCUT2D eigenvalue weighted by Gasteiger charge is -2.22. The van der Waals surface area contributed by atoms with Crippen molar-refractivity contribution in [1.29, 1.82) is 0 Å². The van der Waals surface area contributed by atoms with E-state index in [1.54, 1.807) is 0 Å². The van der Waals surface area contributed by atoms with Crippen molar-refractivity contribution >= 4 is 21.7 Å². The minimum atomic E-state index is -3.67. The summed E-state index contributed by atoms with van der Waals surface area (Å²) in [5, 5.41) is 18.5. The zero-order valence-electron chi connectivity index (χ0n) is 11.3. The van der Waals surface area contributed by atoms with Crippen LogP contribution >= 0.6 is 0 Å². The molecule has 1 fully saturated rings. The van der Waals surface area contributed by atoms with Crippen molar-refractivity contribution < 1.29 is 28.2 Å². The summed E-state index contributed by atoms with van der Waals surface area (Å²) in [6.45, 7) is 0.554. The lowest BCUT2D eigenvalue weighted by Crippen LogP contribution is -2.30. The van der Waals surface area contributed by atoms with E-state index < -0.39 is 21.7 Å². The van der Waals surface area contributed by atoms with Gasteiger partial charge in [-0.25, -0.2) is 13.2 Å². The molecule has 116 valence electrons. The summed E-state index contributed by atoms with van der Waals surface area (Å²) in [7, 11) is -3.67. The smallest absolute Gasteiger partial charge is 0.335 e. The van der Waals surface area contributed by atoms with E-state index in [4.69, 9.17) is 9.84 Å². The van der Waals surface area contributed by atoms with Crippen LogP contribution in [-0.4, -0.2) is 43.1 Å². The maximum absolute atomic E-state index is 12.0. The Morgan fingerprint density at radius 2 is 2.14 bits per heavy atom. The Bertz CT molecular complexity index is 622. The highest BCUT2D eigenvalue weighted by Crippen LogP contribution is 2.26. The number of rotatable bonds is 5. The molecule has 0 saturated carbocycles. The minimum Gasteiger partial charge on any atom is -0.506 e.